The zero-order valence-corrected chi connectivity index (χ0v) is 13.6. The van der Waals surface area contributed by atoms with Crippen molar-refractivity contribution in [2.24, 2.45) is 0 Å². The summed E-state index contributed by atoms with van der Waals surface area (Å²) in [6.45, 7) is 1.34. The number of benzene rings is 1. The van der Waals surface area contributed by atoms with E-state index in [1.165, 1.54) is 0 Å². The van der Waals surface area contributed by atoms with E-state index in [9.17, 15) is 9.59 Å². The summed E-state index contributed by atoms with van der Waals surface area (Å²) in [5.74, 6) is 0.902. The van der Waals surface area contributed by atoms with Gasteiger partial charge in [-0.2, -0.15) is 0 Å². The lowest BCUT2D eigenvalue weighted by molar-refractivity contribution is -0.126. The van der Waals surface area contributed by atoms with E-state index in [0.717, 1.165) is 30.7 Å². The SMILES string of the molecule is COc1ccc([C@@H]2CCCN2C(=O)N[C@H]2CC(=O)N(C)C2)cc1. The third-order valence-electron chi connectivity index (χ3n) is 4.68. The van der Waals surface area contributed by atoms with Gasteiger partial charge in [0.2, 0.25) is 5.91 Å². The lowest BCUT2D eigenvalue weighted by Gasteiger charge is -2.27. The lowest BCUT2D eigenvalue weighted by atomic mass is 10.0. The van der Waals surface area contributed by atoms with Crippen LogP contribution in [0.25, 0.3) is 0 Å². The molecule has 1 aromatic rings. The van der Waals surface area contributed by atoms with Crippen molar-refractivity contribution in [3.63, 3.8) is 0 Å². The molecule has 0 bridgehead atoms. The number of likely N-dealkylation sites (N-methyl/N-ethyl adjacent to an activating group) is 1. The van der Waals surface area contributed by atoms with Crippen LogP contribution in [0.1, 0.15) is 30.9 Å². The van der Waals surface area contributed by atoms with Gasteiger partial charge in [0.25, 0.3) is 0 Å². The van der Waals surface area contributed by atoms with Gasteiger partial charge in [-0.05, 0) is 30.5 Å². The van der Waals surface area contributed by atoms with Crippen LogP contribution in [0.3, 0.4) is 0 Å². The van der Waals surface area contributed by atoms with Crippen molar-refractivity contribution in [1.82, 2.24) is 15.1 Å². The number of nitrogens with zero attached hydrogens (tertiary/aromatic N) is 2. The first-order chi connectivity index (χ1) is 11.1. The number of amides is 3. The third-order valence-corrected chi connectivity index (χ3v) is 4.68. The largest absolute Gasteiger partial charge is 0.497 e. The number of nitrogens with one attached hydrogen (secondary N) is 1. The third kappa shape index (κ3) is 3.25. The predicted octanol–water partition coefficient (Wildman–Crippen LogP) is 1.77. The van der Waals surface area contributed by atoms with Crippen LogP contribution in [0.15, 0.2) is 24.3 Å². The molecule has 0 aliphatic carbocycles. The fourth-order valence-corrected chi connectivity index (χ4v) is 3.40. The highest BCUT2D eigenvalue weighted by Crippen LogP contribution is 2.32. The van der Waals surface area contributed by atoms with Crippen LogP contribution in [0.4, 0.5) is 4.79 Å². The van der Waals surface area contributed by atoms with Gasteiger partial charge in [0.05, 0.1) is 19.2 Å². The Morgan fingerprint density at radius 3 is 2.65 bits per heavy atom. The van der Waals surface area contributed by atoms with E-state index in [1.54, 1.807) is 19.1 Å². The maximum absolute atomic E-state index is 12.6. The number of hydrogen-bond acceptors (Lipinski definition) is 3. The van der Waals surface area contributed by atoms with E-state index in [1.807, 2.05) is 29.2 Å². The van der Waals surface area contributed by atoms with Crippen LogP contribution >= 0.6 is 0 Å². The second kappa shape index (κ2) is 6.48. The quantitative estimate of drug-likeness (QED) is 0.924. The second-order valence-corrected chi connectivity index (χ2v) is 6.25. The van der Waals surface area contributed by atoms with Crippen molar-refractivity contribution in [2.45, 2.75) is 31.3 Å². The average molecular weight is 317 g/mol. The molecule has 2 aliphatic rings. The molecule has 2 atom stereocenters. The normalized spacial score (nSPS) is 24.2. The van der Waals surface area contributed by atoms with Crippen molar-refractivity contribution >= 4 is 11.9 Å². The highest BCUT2D eigenvalue weighted by Gasteiger charge is 2.33. The molecular formula is C17H23N3O3. The second-order valence-electron chi connectivity index (χ2n) is 6.25. The number of carbonyl (C=O) groups excluding carboxylic acids is 2. The van der Waals surface area contributed by atoms with Gasteiger partial charge in [-0.1, -0.05) is 12.1 Å². The molecule has 2 fully saturated rings. The van der Waals surface area contributed by atoms with Gasteiger partial charge in [-0.15, -0.1) is 0 Å². The number of likely N-dealkylation sites (tertiary alicyclic amines) is 2. The zero-order valence-electron chi connectivity index (χ0n) is 13.6. The molecule has 3 amide bonds. The molecule has 6 heteroatoms. The molecule has 0 spiro atoms. The van der Waals surface area contributed by atoms with Crippen LogP contribution in [-0.4, -0.2) is 55.0 Å². The molecule has 3 rings (SSSR count). The zero-order chi connectivity index (χ0) is 16.4. The molecule has 6 nitrogen and oxygen atoms in total. The molecule has 2 heterocycles. The molecule has 0 saturated carbocycles. The minimum atomic E-state index is -0.0860. The topological polar surface area (TPSA) is 61.9 Å². The minimum absolute atomic E-state index is 0.0728. The van der Waals surface area contributed by atoms with Crippen LogP contribution < -0.4 is 10.1 Å². The van der Waals surface area contributed by atoms with Gasteiger partial charge in [0.15, 0.2) is 0 Å². The van der Waals surface area contributed by atoms with Crippen molar-refractivity contribution in [3.8, 4) is 5.75 Å². The number of hydrogen-bond donors (Lipinski definition) is 1. The standard InChI is InChI=1S/C17H23N3O3/c1-19-11-13(10-16(19)21)18-17(22)20-9-3-4-15(20)12-5-7-14(23-2)8-6-12/h5-8,13,15H,3-4,9-11H2,1-2H3,(H,18,22)/t13-,15-/m0/s1. The summed E-state index contributed by atoms with van der Waals surface area (Å²) in [6, 6.07) is 7.82. The molecule has 2 saturated heterocycles. The highest BCUT2D eigenvalue weighted by molar-refractivity contribution is 5.81. The summed E-state index contributed by atoms with van der Waals surface area (Å²) in [6.07, 6.45) is 2.35. The Kier molecular flexibility index (Phi) is 4.41. The summed E-state index contributed by atoms with van der Waals surface area (Å²) in [5, 5.41) is 3.00. The van der Waals surface area contributed by atoms with Crippen molar-refractivity contribution < 1.29 is 14.3 Å². The van der Waals surface area contributed by atoms with Gasteiger partial charge in [-0.3, -0.25) is 4.79 Å². The maximum Gasteiger partial charge on any atom is 0.318 e. The van der Waals surface area contributed by atoms with Crippen molar-refractivity contribution in [3.05, 3.63) is 29.8 Å². The van der Waals surface area contributed by atoms with Gasteiger partial charge in [-0.25, -0.2) is 4.79 Å². The van der Waals surface area contributed by atoms with Gasteiger partial charge < -0.3 is 19.9 Å². The molecule has 23 heavy (non-hydrogen) atoms. The summed E-state index contributed by atoms with van der Waals surface area (Å²) in [7, 11) is 3.41. The molecule has 0 aromatic heterocycles. The van der Waals surface area contributed by atoms with Crippen LogP contribution in [0.5, 0.6) is 5.75 Å². The Bertz CT molecular complexity index is 587. The summed E-state index contributed by atoms with van der Waals surface area (Å²) < 4.78 is 5.19. The fraction of sp³-hybridized carbons (Fsp3) is 0.529. The first-order valence-corrected chi connectivity index (χ1v) is 8.03. The Balaban J connectivity index is 1.66. The Morgan fingerprint density at radius 1 is 1.30 bits per heavy atom. The summed E-state index contributed by atoms with van der Waals surface area (Å²) in [4.78, 5) is 27.7. The number of rotatable bonds is 3. The fourth-order valence-electron chi connectivity index (χ4n) is 3.40. The van der Waals surface area contributed by atoms with E-state index in [2.05, 4.69) is 5.32 Å². The van der Waals surface area contributed by atoms with E-state index in [0.29, 0.717) is 13.0 Å². The first-order valence-electron chi connectivity index (χ1n) is 8.03. The van der Waals surface area contributed by atoms with Gasteiger partial charge in [0.1, 0.15) is 5.75 Å². The molecule has 1 aromatic carbocycles. The minimum Gasteiger partial charge on any atom is -0.497 e. The Hall–Kier alpha value is -2.24. The monoisotopic (exact) mass is 317 g/mol. The number of carbonyl (C=O) groups is 2. The van der Waals surface area contributed by atoms with Crippen LogP contribution in [-0.2, 0) is 4.79 Å². The Morgan fingerprint density at radius 2 is 2.04 bits per heavy atom. The van der Waals surface area contributed by atoms with Crippen molar-refractivity contribution in [1.29, 1.82) is 0 Å². The number of urea groups is 1. The molecule has 0 radical (unpaired) electrons. The molecule has 1 N–H and O–H groups in total. The van der Waals surface area contributed by atoms with E-state index < -0.39 is 0 Å². The number of methoxy groups -OCH3 is 1. The number of ether oxygens (including phenoxy) is 1. The maximum atomic E-state index is 12.6. The molecule has 2 aliphatic heterocycles. The molecule has 0 unspecified atom stereocenters. The highest BCUT2D eigenvalue weighted by atomic mass is 16.5. The first kappa shape index (κ1) is 15.6. The van der Waals surface area contributed by atoms with E-state index in [-0.39, 0.29) is 24.0 Å². The Labute approximate surface area is 136 Å². The van der Waals surface area contributed by atoms with Gasteiger partial charge >= 0.3 is 6.03 Å². The lowest BCUT2D eigenvalue weighted by Crippen LogP contribution is -2.45. The predicted molar refractivity (Wildman–Crippen MR) is 86.2 cm³/mol. The van der Waals surface area contributed by atoms with Crippen LogP contribution in [0, 0.1) is 0 Å². The summed E-state index contributed by atoms with van der Waals surface area (Å²) >= 11 is 0. The molecular weight excluding hydrogens is 294 g/mol. The smallest absolute Gasteiger partial charge is 0.318 e. The molecule has 124 valence electrons. The van der Waals surface area contributed by atoms with Crippen molar-refractivity contribution in [2.75, 3.05) is 27.2 Å². The summed E-state index contributed by atoms with van der Waals surface area (Å²) in [5.41, 5.74) is 1.12. The van der Waals surface area contributed by atoms with E-state index in [4.69, 9.17) is 4.74 Å². The average Bonchev–Trinajstić information content (AvgIpc) is 3.15. The van der Waals surface area contributed by atoms with Crippen LogP contribution in [0.2, 0.25) is 0 Å². The van der Waals surface area contributed by atoms with Gasteiger partial charge in [0, 0.05) is 26.6 Å². The van der Waals surface area contributed by atoms with E-state index >= 15 is 0 Å².